The van der Waals surface area contributed by atoms with Crippen LogP contribution in [0.2, 0.25) is 0 Å². The van der Waals surface area contributed by atoms with Crippen molar-refractivity contribution >= 4 is 0 Å². The fraction of sp³-hybridized carbons (Fsp3) is 0.667. The Morgan fingerprint density at radius 3 is 1.86 bits per heavy atom. The first-order valence-corrected chi connectivity index (χ1v) is 5.31. The van der Waals surface area contributed by atoms with E-state index in [2.05, 4.69) is 27.0 Å². The molecule has 0 saturated carbocycles. The Hall–Kier alpha value is -0.0800. The molecule has 0 aromatic heterocycles. The Balaban J connectivity index is 0. The van der Waals surface area contributed by atoms with Crippen LogP contribution in [0.15, 0.2) is 25.3 Å². The van der Waals surface area contributed by atoms with E-state index in [1.807, 2.05) is 12.2 Å². The lowest BCUT2D eigenvalue weighted by molar-refractivity contribution is -0.915. The van der Waals surface area contributed by atoms with Crippen molar-refractivity contribution in [1.82, 2.24) is 0 Å². The topological polar surface area (TPSA) is 0 Å². The molecule has 0 atom stereocenters. The second-order valence-electron chi connectivity index (χ2n) is 3.68. The number of halogens is 1. The van der Waals surface area contributed by atoms with Crippen LogP contribution in [0, 0.1) is 0 Å². The van der Waals surface area contributed by atoms with E-state index >= 15 is 0 Å². The maximum absolute atomic E-state index is 3.83. The summed E-state index contributed by atoms with van der Waals surface area (Å²) in [5.41, 5.74) is 0. The predicted octanol–water partition coefficient (Wildman–Crippen LogP) is -0.000800. The maximum Gasteiger partial charge on any atom is 0.0973 e. The van der Waals surface area contributed by atoms with Crippen molar-refractivity contribution in [3.05, 3.63) is 25.3 Å². The average molecular weight is 262 g/mol. The Morgan fingerprint density at radius 1 is 1.07 bits per heavy atom. The van der Waals surface area contributed by atoms with Gasteiger partial charge in [-0.1, -0.05) is 26.5 Å². The van der Waals surface area contributed by atoms with E-state index in [9.17, 15) is 0 Å². The summed E-state index contributed by atoms with van der Waals surface area (Å²) in [6, 6.07) is 0. The fourth-order valence-corrected chi connectivity index (χ4v) is 1.71. The van der Waals surface area contributed by atoms with Crippen LogP contribution in [0.25, 0.3) is 0 Å². The number of unbranched alkanes of at least 4 members (excludes halogenated alkanes) is 1. The molecule has 0 bridgehead atoms. The predicted molar refractivity (Wildman–Crippen MR) is 60.7 cm³/mol. The van der Waals surface area contributed by atoms with Crippen molar-refractivity contribution in [2.75, 3.05) is 26.2 Å². The summed E-state index contributed by atoms with van der Waals surface area (Å²) in [6.45, 7) is 16.7. The van der Waals surface area contributed by atoms with Gasteiger partial charge >= 0.3 is 0 Å². The first kappa shape index (κ1) is 16.4. The second-order valence-corrected chi connectivity index (χ2v) is 3.68. The molecular formula is C12H24BrN. The first-order valence-electron chi connectivity index (χ1n) is 5.31. The highest BCUT2D eigenvalue weighted by molar-refractivity contribution is 4.71. The Kier molecular flexibility index (Phi) is 11.1. The molecule has 14 heavy (non-hydrogen) atoms. The highest BCUT2D eigenvalue weighted by Crippen LogP contribution is 2.09. The number of likely N-dealkylation sites (N-methyl/N-ethyl adjacent to an activating group) is 1. The van der Waals surface area contributed by atoms with Crippen LogP contribution in [0.4, 0.5) is 0 Å². The van der Waals surface area contributed by atoms with Gasteiger partial charge < -0.3 is 21.5 Å². The maximum atomic E-state index is 3.83. The van der Waals surface area contributed by atoms with Gasteiger partial charge in [0.2, 0.25) is 0 Å². The summed E-state index contributed by atoms with van der Waals surface area (Å²) in [4.78, 5) is 0. The van der Waals surface area contributed by atoms with Crippen LogP contribution in [0.5, 0.6) is 0 Å². The number of nitrogens with zero attached hydrogens (tertiary/aromatic N) is 1. The van der Waals surface area contributed by atoms with Gasteiger partial charge in [-0.25, -0.2) is 0 Å². The summed E-state index contributed by atoms with van der Waals surface area (Å²) in [7, 11) is 0. The molecule has 0 saturated heterocycles. The molecule has 0 heterocycles. The smallest absolute Gasteiger partial charge is 0.0973 e. The van der Waals surface area contributed by atoms with Crippen molar-refractivity contribution in [1.29, 1.82) is 0 Å². The molecule has 0 rings (SSSR count). The SMILES string of the molecule is C=CC[N+](CC)(CC=C)CCCC.[Br-]. The molecule has 0 unspecified atom stereocenters. The molecule has 0 fully saturated rings. The normalized spacial score (nSPS) is 10.4. The number of hydrogen-bond acceptors (Lipinski definition) is 0. The molecule has 1 nitrogen and oxygen atoms in total. The molecule has 0 spiro atoms. The van der Waals surface area contributed by atoms with E-state index < -0.39 is 0 Å². The molecule has 0 amide bonds. The zero-order valence-electron chi connectivity index (χ0n) is 9.64. The molecule has 0 aliphatic carbocycles. The minimum atomic E-state index is 0. The zero-order chi connectivity index (χ0) is 10.2. The van der Waals surface area contributed by atoms with Gasteiger partial charge in [-0.2, -0.15) is 0 Å². The van der Waals surface area contributed by atoms with Gasteiger partial charge in [0.05, 0.1) is 26.2 Å². The molecular weight excluding hydrogens is 238 g/mol. The van der Waals surface area contributed by atoms with Gasteiger partial charge in [-0.05, 0) is 25.5 Å². The Bertz CT molecular complexity index is 144. The summed E-state index contributed by atoms with van der Waals surface area (Å²) < 4.78 is 1.13. The third kappa shape index (κ3) is 5.61. The zero-order valence-corrected chi connectivity index (χ0v) is 11.2. The van der Waals surface area contributed by atoms with Crippen molar-refractivity contribution in [3.8, 4) is 0 Å². The number of hydrogen-bond donors (Lipinski definition) is 0. The lowest BCUT2D eigenvalue weighted by atomic mass is 10.2. The van der Waals surface area contributed by atoms with Gasteiger partial charge in [0.25, 0.3) is 0 Å². The van der Waals surface area contributed by atoms with Crippen LogP contribution in [-0.2, 0) is 0 Å². The average Bonchev–Trinajstić information content (AvgIpc) is 2.15. The van der Waals surface area contributed by atoms with E-state index in [4.69, 9.17) is 0 Å². The van der Waals surface area contributed by atoms with Gasteiger partial charge in [0.15, 0.2) is 0 Å². The summed E-state index contributed by atoms with van der Waals surface area (Å²) in [5, 5.41) is 0. The van der Waals surface area contributed by atoms with Crippen LogP contribution in [0.1, 0.15) is 26.7 Å². The van der Waals surface area contributed by atoms with Crippen molar-refractivity contribution < 1.29 is 21.5 Å². The van der Waals surface area contributed by atoms with E-state index in [0.717, 1.165) is 17.6 Å². The quantitative estimate of drug-likeness (QED) is 0.427. The molecule has 2 heteroatoms. The van der Waals surface area contributed by atoms with E-state index in [1.165, 1.54) is 25.9 Å². The van der Waals surface area contributed by atoms with Gasteiger partial charge in [0, 0.05) is 0 Å². The lowest BCUT2D eigenvalue weighted by Crippen LogP contribution is -3.00. The molecule has 0 aromatic rings. The molecule has 0 aromatic carbocycles. The molecule has 0 aliphatic rings. The highest BCUT2D eigenvalue weighted by atomic mass is 79.9. The number of rotatable bonds is 8. The Morgan fingerprint density at radius 2 is 1.57 bits per heavy atom. The third-order valence-electron chi connectivity index (χ3n) is 2.69. The summed E-state index contributed by atoms with van der Waals surface area (Å²) in [6.07, 6.45) is 6.63. The van der Waals surface area contributed by atoms with Gasteiger partial charge in [0.1, 0.15) is 0 Å². The first-order chi connectivity index (χ1) is 6.24. The Labute approximate surface area is 99.9 Å². The van der Waals surface area contributed by atoms with Crippen LogP contribution >= 0.6 is 0 Å². The van der Waals surface area contributed by atoms with Crippen molar-refractivity contribution in [3.63, 3.8) is 0 Å². The van der Waals surface area contributed by atoms with Crippen LogP contribution < -0.4 is 17.0 Å². The van der Waals surface area contributed by atoms with Crippen molar-refractivity contribution in [2.24, 2.45) is 0 Å². The minimum absolute atomic E-state index is 0. The molecule has 0 N–H and O–H groups in total. The second kappa shape index (κ2) is 9.47. The van der Waals surface area contributed by atoms with E-state index in [0.29, 0.717) is 0 Å². The van der Waals surface area contributed by atoms with E-state index in [-0.39, 0.29) is 17.0 Å². The van der Waals surface area contributed by atoms with Gasteiger partial charge in [-0.15, -0.1) is 0 Å². The molecule has 0 radical (unpaired) electrons. The number of quaternary nitrogens is 1. The monoisotopic (exact) mass is 261 g/mol. The standard InChI is InChI=1S/C12H24N.BrH/c1-5-9-12-13(8-4,10-6-2)11-7-3;/h6-7H,2-3,5,8-12H2,1,4H3;1H/q+1;/p-1. The van der Waals surface area contributed by atoms with E-state index in [1.54, 1.807) is 0 Å². The van der Waals surface area contributed by atoms with Crippen molar-refractivity contribution in [2.45, 2.75) is 26.7 Å². The minimum Gasteiger partial charge on any atom is -1.00 e. The largest absolute Gasteiger partial charge is 1.00 e. The molecule has 0 aliphatic heterocycles. The lowest BCUT2D eigenvalue weighted by Gasteiger charge is -2.36. The highest BCUT2D eigenvalue weighted by Gasteiger charge is 2.20. The summed E-state index contributed by atoms with van der Waals surface area (Å²) in [5.74, 6) is 0. The summed E-state index contributed by atoms with van der Waals surface area (Å²) >= 11 is 0. The van der Waals surface area contributed by atoms with Gasteiger partial charge in [-0.3, -0.25) is 0 Å². The van der Waals surface area contributed by atoms with Crippen LogP contribution in [-0.4, -0.2) is 30.7 Å². The molecule has 84 valence electrons. The fourth-order valence-electron chi connectivity index (χ4n) is 1.71. The van der Waals surface area contributed by atoms with Crippen LogP contribution in [0.3, 0.4) is 0 Å². The third-order valence-corrected chi connectivity index (χ3v) is 2.69.